The number of aliphatic imine (C=N–C) groups is 1. The van der Waals surface area contributed by atoms with Crippen molar-refractivity contribution in [1.82, 2.24) is 4.90 Å². The first-order valence-corrected chi connectivity index (χ1v) is 10.1. The Balaban J connectivity index is 0.00000182. The Morgan fingerprint density at radius 3 is 2.32 bits per heavy atom. The summed E-state index contributed by atoms with van der Waals surface area (Å²) in [7, 11) is -0.0119. The maximum Gasteiger partial charge on any atom is 0.319 e. The lowest BCUT2D eigenvalue weighted by Gasteiger charge is -2.32. The van der Waals surface area contributed by atoms with E-state index in [2.05, 4.69) is 47.4 Å². The Morgan fingerprint density at radius 1 is 1.00 bits per heavy atom. The summed E-state index contributed by atoms with van der Waals surface area (Å²) in [6, 6.07) is 20.9. The summed E-state index contributed by atoms with van der Waals surface area (Å²) in [5, 5.41) is 12.6. The van der Waals surface area contributed by atoms with Crippen LogP contribution in [0.2, 0.25) is 0 Å². The van der Waals surface area contributed by atoms with E-state index in [0.29, 0.717) is 6.42 Å². The van der Waals surface area contributed by atoms with Crippen molar-refractivity contribution >= 4 is 33.0 Å². The third-order valence-corrected chi connectivity index (χ3v) is 7.06. The van der Waals surface area contributed by atoms with Gasteiger partial charge in [0.2, 0.25) is 0 Å². The van der Waals surface area contributed by atoms with Gasteiger partial charge < -0.3 is 5.11 Å². The zero-order valence-electron chi connectivity index (χ0n) is 14.2. The Hall–Kier alpha value is -1.30. The fourth-order valence-corrected chi connectivity index (χ4v) is 6.22. The molecule has 1 saturated heterocycles. The summed E-state index contributed by atoms with van der Waals surface area (Å²) in [5.74, 6) is 1.77. The average molecular weight is 420 g/mol. The minimum absolute atomic E-state index is 0. The van der Waals surface area contributed by atoms with E-state index in [1.54, 1.807) is 0 Å². The maximum absolute atomic E-state index is 11.4. The summed E-state index contributed by atoms with van der Waals surface area (Å²) in [4.78, 5) is 6.99. The topological polar surface area (TPSA) is 35.8 Å². The first-order chi connectivity index (χ1) is 11.7. The molecule has 0 radical (unpaired) electrons. The molecule has 25 heavy (non-hydrogen) atoms. The van der Waals surface area contributed by atoms with E-state index >= 15 is 0 Å². The number of hydrogen-bond donors (Lipinski definition) is 1. The van der Waals surface area contributed by atoms with Crippen molar-refractivity contribution in [3.63, 3.8) is 0 Å². The molecule has 5 heteroatoms. The van der Waals surface area contributed by atoms with Crippen LogP contribution in [0.15, 0.2) is 65.7 Å². The van der Waals surface area contributed by atoms with Crippen LogP contribution in [0, 0.1) is 0 Å². The summed E-state index contributed by atoms with van der Waals surface area (Å²) in [6.45, 7) is 1.81. The van der Waals surface area contributed by atoms with Crippen LogP contribution in [0.25, 0.3) is 0 Å². The zero-order valence-corrected chi connectivity index (χ0v) is 16.7. The Labute approximate surface area is 162 Å². The van der Waals surface area contributed by atoms with E-state index in [1.165, 1.54) is 11.1 Å². The second-order valence-electron chi connectivity index (χ2n) is 6.58. The fourth-order valence-electron chi connectivity index (χ4n) is 3.60. The quantitative estimate of drug-likeness (QED) is 0.770. The largest absolute Gasteiger partial charge is 0.366 e. The van der Waals surface area contributed by atoms with Gasteiger partial charge >= 0.3 is 5.17 Å². The van der Waals surface area contributed by atoms with Gasteiger partial charge in [-0.05, 0) is 12.0 Å². The Morgan fingerprint density at radius 2 is 1.64 bits per heavy atom. The molecule has 2 aromatic rings. The van der Waals surface area contributed by atoms with Gasteiger partial charge in [-0.2, -0.15) is 0 Å². The van der Waals surface area contributed by atoms with Crippen molar-refractivity contribution in [3.8, 4) is 0 Å². The number of benzene rings is 2. The number of rotatable bonds is 4. The first-order valence-electron chi connectivity index (χ1n) is 8.54. The molecule has 2 aromatic carbocycles. The molecule has 0 spiro atoms. The Kier molecular flexibility index (Phi) is 5.87. The van der Waals surface area contributed by atoms with E-state index in [9.17, 15) is 5.11 Å². The lowest BCUT2D eigenvalue weighted by molar-refractivity contribution is -0.0431. The van der Waals surface area contributed by atoms with E-state index in [1.807, 2.05) is 18.2 Å². The normalized spacial score (nSPS) is 25.1. The zero-order chi connectivity index (χ0) is 16.4. The van der Waals surface area contributed by atoms with Gasteiger partial charge in [0.25, 0.3) is 0 Å². The summed E-state index contributed by atoms with van der Waals surface area (Å²) in [6.07, 6.45) is 1.70. The van der Waals surface area contributed by atoms with Crippen LogP contribution in [0.3, 0.4) is 0 Å². The molecule has 0 aromatic heterocycles. The number of hydrogen-bond acceptors (Lipinski definition) is 3. The molecule has 2 aliphatic rings. The van der Waals surface area contributed by atoms with Crippen LogP contribution in [-0.2, 0) is 23.1 Å². The number of fused-ring (bicyclic) bond motifs is 1. The van der Waals surface area contributed by atoms with Crippen molar-refractivity contribution in [3.05, 3.63) is 71.8 Å². The van der Waals surface area contributed by atoms with Crippen molar-refractivity contribution in [1.29, 1.82) is 0 Å². The van der Waals surface area contributed by atoms with E-state index in [-0.39, 0.29) is 27.9 Å². The molecular weight excluding hydrogens is 396 g/mol. The summed E-state index contributed by atoms with van der Waals surface area (Å²) < 4.78 is 0. The summed E-state index contributed by atoms with van der Waals surface area (Å²) in [5.41, 5.74) is 1.73. The minimum atomic E-state index is -0.793. The van der Waals surface area contributed by atoms with Crippen LogP contribution in [0.5, 0.6) is 0 Å². The predicted octanol–water partition coefficient (Wildman–Crippen LogP) is 3.39. The summed E-state index contributed by atoms with van der Waals surface area (Å²) >= 11 is 0. The molecule has 0 amide bonds. The number of halogens is 1. The highest BCUT2D eigenvalue weighted by Gasteiger charge is 2.56. The van der Waals surface area contributed by atoms with Crippen LogP contribution in [0.4, 0.5) is 0 Å². The van der Waals surface area contributed by atoms with Gasteiger partial charge in [0.1, 0.15) is 5.75 Å². The first kappa shape index (κ1) is 18.5. The standard InChI is InChI=1S/C20H23N2OS.BrH/c23-20(14-17-8-3-1-4-9-17)16-24(15-18-10-5-2-6-11-18)19-21-12-7-13-22(19)20;/h1-6,8-11,23H,7,12-16H2;1H/q+1;. The monoisotopic (exact) mass is 419 g/mol. The van der Waals surface area contributed by atoms with Gasteiger partial charge in [-0.3, -0.25) is 4.90 Å². The molecule has 4 rings (SSSR count). The van der Waals surface area contributed by atoms with Crippen molar-refractivity contribution < 1.29 is 5.11 Å². The molecular formula is C20H24BrN2OS+. The fraction of sp³-hybridized carbons (Fsp3) is 0.350. The van der Waals surface area contributed by atoms with Gasteiger partial charge in [0, 0.05) is 25.1 Å². The molecule has 1 fully saturated rings. The molecule has 2 atom stereocenters. The third kappa shape index (κ3) is 3.94. The molecule has 0 bridgehead atoms. The average Bonchev–Trinajstić information content (AvgIpc) is 2.89. The highest BCUT2D eigenvalue weighted by molar-refractivity contribution is 8.93. The van der Waals surface area contributed by atoms with E-state index < -0.39 is 5.72 Å². The lowest BCUT2D eigenvalue weighted by Crippen LogP contribution is -2.50. The van der Waals surface area contributed by atoms with Crippen molar-refractivity contribution in [2.45, 2.75) is 24.3 Å². The van der Waals surface area contributed by atoms with Crippen LogP contribution >= 0.6 is 17.0 Å². The van der Waals surface area contributed by atoms with Gasteiger partial charge in [-0.1, -0.05) is 60.7 Å². The van der Waals surface area contributed by atoms with Crippen LogP contribution in [-0.4, -0.2) is 39.7 Å². The molecule has 0 saturated carbocycles. The van der Waals surface area contributed by atoms with Crippen molar-refractivity contribution in [2.75, 3.05) is 18.8 Å². The minimum Gasteiger partial charge on any atom is -0.366 e. The molecule has 2 heterocycles. The molecule has 3 nitrogen and oxygen atoms in total. The van der Waals surface area contributed by atoms with Gasteiger partial charge in [0.15, 0.2) is 11.5 Å². The molecule has 1 N–H and O–H groups in total. The highest BCUT2D eigenvalue weighted by Crippen LogP contribution is 2.34. The third-order valence-electron chi connectivity index (χ3n) is 4.70. The van der Waals surface area contributed by atoms with E-state index in [0.717, 1.165) is 36.2 Å². The number of nitrogens with zero attached hydrogens (tertiary/aromatic N) is 2. The lowest BCUT2D eigenvalue weighted by atomic mass is 10.0. The molecule has 2 unspecified atom stereocenters. The Bertz CT molecular complexity index is 725. The predicted molar refractivity (Wildman–Crippen MR) is 111 cm³/mol. The van der Waals surface area contributed by atoms with Gasteiger partial charge in [-0.25, -0.2) is 4.99 Å². The number of amidine groups is 1. The molecule has 2 aliphatic heterocycles. The van der Waals surface area contributed by atoms with Gasteiger partial charge in [0.05, 0.1) is 10.9 Å². The maximum atomic E-state index is 11.4. The van der Waals surface area contributed by atoms with Crippen LogP contribution in [0.1, 0.15) is 17.5 Å². The number of aliphatic hydroxyl groups is 1. The SMILES string of the molecule is Br.OC1(Cc2ccccc2)C[S+](Cc2ccccc2)C2=NCCCN21. The van der Waals surface area contributed by atoms with Gasteiger partial charge in [-0.15, -0.1) is 17.0 Å². The second kappa shape index (κ2) is 7.94. The highest BCUT2D eigenvalue weighted by atomic mass is 79.9. The molecule has 0 aliphatic carbocycles. The van der Waals surface area contributed by atoms with E-state index in [4.69, 9.17) is 4.99 Å². The second-order valence-corrected chi connectivity index (χ2v) is 8.51. The molecule has 132 valence electrons. The van der Waals surface area contributed by atoms with Crippen molar-refractivity contribution in [2.24, 2.45) is 4.99 Å². The van der Waals surface area contributed by atoms with Crippen LogP contribution < -0.4 is 0 Å². The smallest absolute Gasteiger partial charge is 0.319 e.